The van der Waals surface area contributed by atoms with Gasteiger partial charge in [-0.25, -0.2) is 13.2 Å². The SMILES string of the molecule is COc1cccc(Nc2c(N[SH](=O)=O)ccc(OC(=O)C3=CCCC3)c2C(N)=O)c1.[NaH]. The number of benzene rings is 2. The molecular formula is C20H22N3NaO6S. The van der Waals surface area contributed by atoms with Crippen LogP contribution in [-0.2, 0) is 15.7 Å². The maximum absolute atomic E-state index is 12.4. The number of anilines is 3. The van der Waals surface area contributed by atoms with Crippen molar-refractivity contribution in [1.82, 2.24) is 0 Å². The molecule has 1 aliphatic rings. The fourth-order valence-electron chi connectivity index (χ4n) is 3.10. The molecule has 0 aromatic heterocycles. The summed E-state index contributed by atoms with van der Waals surface area (Å²) in [5.41, 5.74) is 6.56. The van der Waals surface area contributed by atoms with E-state index in [1.165, 1.54) is 19.2 Å². The van der Waals surface area contributed by atoms with Crippen molar-refractivity contribution in [3.05, 3.63) is 53.6 Å². The second-order valence-corrected chi connectivity index (χ2v) is 7.20. The van der Waals surface area contributed by atoms with Gasteiger partial charge in [0.05, 0.1) is 18.5 Å². The number of carbonyl (C=O) groups excluding carboxylic acids is 2. The molecule has 0 aliphatic heterocycles. The van der Waals surface area contributed by atoms with Crippen molar-refractivity contribution in [2.24, 2.45) is 5.73 Å². The molecule has 0 spiro atoms. The summed E-state index contributed by atoms with van der Waals surface area (Å²) in [5, 5.41) is 2.97. The minimum atomic E-state index is -3.03. The number of nitrogens with one attached hydrogen (secondary N) is 2. The van der Waals surface area contributed by atoms with Crippen LogP contribution in [-0.4, -0.2) is 57.0 Å². The average molecular weight is 455 g/mol. The number of primary amides is 1. The summed E-state index contributed by atoms with van der Waals surface area (Å²) in [6, 6.07) is 9.48. The summed E-state index contributed by atoms with van der Waals surface area (Å²) < 4.78 is 35.4. The Morgan fingerprint density at radius 3 is 2.55 bits per heavy atom. The molecule has 0 saturated carbocycles. The normalized spacial score (nSPS) is 12.5. The summed E-state index contributed by atoms with van der Waals surface area (Å²) in [4.78, 5) is 24.7. The van der Waals surface area contributed by atoms with Crippen LogP contribution in [0.4, 0.5) is 17.1 Å². The van der Waals surface area contributed by atoms with E-state index < -0.39 is 22.8 Å². The number of hydrogen-bond acceptors (Lipinski definition) is 7. The van der Waals surface area contributed by atoms with Crippen LogP contribution in [0.1, 0.15) is 29.6 Å². The molecule has 0 saturated heterocycles. The van der Waals surface area contributed by atoms with Crippen LogP contribution >= 0.6 is 0 Å². The van der Waals surface area contributed by atoms with E-state index >= 15 is 0 Å². The van der Waals surface area contributed by atoms with Gasteiger partial charge in [0.2, 0.25) is 10.9 Å². The molecule has 9 nitrogen and oxygen atoms in total. The Bertz CT molecular complexity index is 1090. The Morgan fingerprint density at radius 1 is 1.16 bits per heavy atom. The number of carbonyl (C=O) groups is 2. The van der Waals surface area contributed by atoms with Gasteiger partial charge in [-0.1, -0.05) is 12.1 Å². The Kier molecular flexibility index (Phi) is 8.93. The Labute approximate surface area is 203 Å². The van der Waals surface area contributed by atoms with Gasteiger partial charge in [-0.05, 0) is 43.5 Å². The van der Waals surface area contributed by atoms with Gasteiger partial charge in [0.15, 0.2) is 0 Å². The zero-order valence-electron chi connectivity index (χ0n) is 16.1. The maximum atomic E-state index is 12.4. The van der Waals surface area contributed by atoms with E-state index in [0.29, 0.717) is 23.4 Å². The van der Waals surface area contributed by atoms with Gasteiger partial charge in [0, 0.05) is 17.3 Å². The first-order valence-electron chi connectivity index (χ1n) is 9.09. The third-order valence-corrected chi connectivity index (χ3v) is 4.89. The van der Waals surface area contributed by atoms with E-state index in [1.54, 1.807) is 30.3 Å². The molecule has 0 unspecified atom stereocenters. The van der Waals surface area contributed by atoms with Gasteiger partial charge in [0.1, 0.15) is 17.1 Å². The molecule has 1 amide bonds. The fourth-order valence-corrected chi connectivity index (χ4v) is 3.48. The number of ether oxygens (including phenoxy) is 2. The molecule has 160 valence electrons. The zero-order valence-corrected chi connectivity index (χ0v) is 17.0. The monoisotopic (exact) mass is 455 g/mol. The molecule has 0 bridgehead atoms. The number of allylic oxidation sites excluding steroid dienone is 1. The standard InChI is InChI=1S/C20H21N3O6S.Na.H/c1-28-14-8-4-7-13(11-14)22-18-15(23-30(26)27)9-10-16(17(18)19(21)24)29-20(25)12-5-2-3-6-12;;/h4-5,7-11,22,30H,2-3,6H2,1H3,(H2,21,24)(H,23,26,27);;. The van der Waals surface area contributed by atoms with Crippen molar-refractivity contribution < 1.29 is 27.5 Å². The molecule has 4 N–H and O–H groups in total. The molecule has 3 rings (SSSR count). The van der Waals surface area contributed by atoms with E-state index in [0.717, 1.165) is 12.8 Å². The Morgan fingerprint density at radius 2 is 1.94 bits per heavy atom. The first-order valence-corrected chi connectivity index (χ1v) is 10.3. The van der Waals surface area contributed by atoms with E-state index in [1.807, 2.05) is 0 Å². The van der Waals surface area contributed by atoms with Crippen molar-refractivity contribution in [2.75, 3.05) is 17.1 Å². The molecule has 0 heterocycles. The summed E-state index contributed by atoms with van der Waals surface area (Å²) in [7, 11) is -1.53. The summed E-state index contributed by atoms with van der Waals surface area (Å²) in [5.74, 6) is -0.996. The van der Waals surface area contributed by atoms with Crippen molar-refractivity contribution in [1.29, 1.82) is 0 Å². The van der Waals surface area contributed by atoms with E-state index in [2.05, 4.69) is 10.0 Å². The quantitative estimate of drug-likeness (QED) is 0.206. The fraction of sp³-hybridized carbons (Fsp3) is 0.200. The van der Waals surface area contributed by atoms with Gasteiger partial charge in [-0.3, -0.25) is 9.52 Å². The number of methoxy groups -OCH3 is 1. The minimum absolute atomic E-state index is 0. The average Bonchev–Trinajstić information content (AvgIpc) is 3.24. The van der Waals surface area contributed by atoms with E-state index in [9.17, 15) is 18.0 Å². The van der Waals surface area contributed by atoms with Crippen LogP contribution in [0.15, 0.2) is 48.0 Å². The van der Waals surface area contributed by atoms with Gasteiger partial charge in [-0.15, -0.1) is 0 Å². The van der Waals surface area contributed by atoms with Gasteiger partial charge >= 0.3 is 35.5 Å². The number of hydrogen-bond donors (Lipinski definition) is 4. The summed E-state index contributed by atoms with van der Waals surface area (Å²) >= 11 is 0. The molecule has 2 aromatic rings. The van der Waals surface area contributed by atoms with E-state index in [-0.39, 0.29) is 52.2 Å². The predicted octanol–water partition coefficient (Wildman–Crippen LogP) is 1.84. The molecule has 11 heteroatoms. The van der Waals surface area contributed by atoms with Crippen molar-refractivity contribution >= 4 is 69.4 Å². The second-order valence-electron chi connectivity index (χ2n) is 6.46. The van der Waals surface area contributed by atoms with Gasteiger partial charge < -0.3 is 20.5 Å². The number of rotatable bonds is 8. The van der Waals surface area contributed by atoms with Gasteiger partial charge in [-0.2, -0.15) is 0 Å². The molecule has 1 aliphatic carbocycles. The first kappa shape index (κ1) is 24.7. The van der Waals surface area contributed by atoms with Gasteiger partial charge in [0.25, 0.3) is 5.91 Å². The molecule has 0 fully saturated rings. The third-order valence-electron chi connectivity index (χ3n) is 4.47. The molecule has 31 heavy (non-hydrogen) atoms. The first-order chi connectivity index (χ1) is 14.4. The molecular weight excluding hydrogens is 433 g/mol. The summed E-state index contributed by atoms with van der Waals surface area (Å²) in [6.07, 6.45) is 4.03. The van der Waals surface area contributed by atoms with Crippen LogP contribution in [0.2, 0.25) is 0 Å². The Balaban J connectivity index is 0.00000341. The van der Waals surface area contributed by atoms with Crippen LogP contribution < -0.4 is 25.2 Å². The number of nitrogens with two attached hydrogens (primary N) is 1. The number of esters is 1. The predicted molar refractivity (Wildman–Crippen MR) is 120 cm³/mol. The third kappa shape index (κ3) is 6.23. The van der Waals surface area contributed by atoms with Crippen LogP contribution in [0, 0.1) is 0 Å². The molecule has 0 atom stereocenters. The molecule has 2 aromatic carbocycles. The number of amides is 1. The van der Waals surface area contributed by atoms with E-state index in [4.69, 9.17) is 15.2 Å². The second kappa shape index (κ2) is 11.2. The van der Waals surface area contributed by atoms with Crippen LogP contribution in [0.3, 0.4) is 0 Å². The van der Waals surface area contributed by atoms with Crippen molar-refractivity contribution in [3.63, 3.8) is 0 Å². The summed E-state index contributed by atoms with van der Waals surface area (Å²) in [6.45, 7) is 0. The zero-order chi connectivity index (χ0) is 21.7. The number of thiol groups is 1. The van der Waals surface area contributed by atoms with Crippen LogP contribution in [0.5, 0.6) is 11.5 Å². The molecule has 0 radical (unpaired) electrons. The van der Waals surface area contributed by atoms with Crippen molar-refractivity contribution in [2.45, 2.75) is 19.3 Å². The topological polar surface area (TPSA) is 137 Å². The van der Waals surface area contributed by atoms with Crippen molar-refractivity contribution in [3.8, 4) is 11.5 Å². The Hall–Kier alpha value is -2.53. The van der Waals surface area contributed by atoms with Crippen LogP contribution in [0.25, 0.3) is 0 Å².